The summed E-state index contributed by atoms with van der Waals surface area (Å²) >= 11 is 0. The predicted molar refractivity (Wildman–Crippen MR) is 112 cm³/mol. The van der Waals surface area contributed by atoms with Gasteiger partial charge in [-0.25, -0.2) is 4.39 Å². The van der Waals surface area contributed by atoms with Gasteiger partial charge in [-0.2, -0.15) is 0 Å². The number of benzene rings is 1. The first-order valence-corrected chi connectivity index (χ1v) is 10.7. The van der Waals surface area contributed by atoms with Gasteiger partial charge in [0.2, 0.25) is 5.43 Å². The van der Waals surface area contributed by atoms with Crippen molar-refractivity contribution in [2.24, 2.45) is 0 Å². The third kappa shape index (κ3) is 4.18. The molecule has 1 N–H and O–H groups in total. The van der Waals surface area contributed by atoms with Gasteiger partial charge in [0.25, 0.3) is 5.91 Å². The van der Waals surface area contributed by atoms with Gasteiger partial charge in [-0.3, -0.25) is 9.59 Å². The van der Waals surface area contributed by atoms with Crippen LogP contribution in [0.1, 0.15) is 36.5 Å². The van der Waals surface area contributed by atoms with E-state index in [0.29, 0.717) is 30.8 Å². The van der Waals surface area contributed by atoms with E-state index in [1.165, 1.54) is 11.0 Å². The SMILES string of the molecule is CCn1cc(C(=O)N2CCCCC2)c(=O)c2cc(F)c(N3CC[NH+](C)CC3)cc21.[Cl-]. The highest BCUT2D eigenvalue weighted by molar-refractivity contribution is 5.98. The maximum absolute atomic E-state index is 15.0. The fourth-order valence-corrected chi connectivity index (χ4v) is 4.45. The lowest BCUT2D eigenvalue weighted by molar-refractivity contribution is -0.880. The number of aryl methyl sites for hydroxylation is 1. The highest BCUT2D eigenvalue weighted by Crippen LogP contribution is 2.26. The van der Waals surface area contributed by atoms with Crippen molar-refractivity contribution >= 4 is 22.5 Å². The number of quaternary nitrogens is 1. The Morgan fingerprint density at radius 3 is 2.40 bits per heavy atom. The molecule has 8 heteroatoms. The molecule has 0 atom stereocenters. The molecule has 0 spiro atoms. The maximum Gasteiger partial charge on any atom is 0.259 e. The van der Waals surface area contributed by atoms with Crippen molar-refractivity contribution in [3.63, 3.8) is 0 Å². The van der Waals surface area contributed by atoms with Crippen molar-refractivity contribution < 1.29 is 26.5 Å². The van der Waals surface area contributed by atoms with E-state index in [0.717, 1.165) is 45.4 Å². The van der Waals surface area contributed by atoms with Crippen molar-refractivity contribution in [3.05, 3.63) is 39.9 Å². The second-order valence-electron chi connectivity index (χ2n) is 8.28. The van der Waals surface area contributed by atoms with Gasteiger partial charge in [-0.05, 0) is 38.3 Å². The van der Waals surface area contributed by atoms with Crippen LogP contribution in [-0.2, 0) is 6.54 Å². The lowest BCUT2D eigenvalue weighted by Crippen LogP contribution is -3.12. The Labute approximate surface area is 182 Å². The number of halogens is 2. The number of aromatic nitrogens is 1. The molecule has 4 rings (SSSR count). The van der Waals surface area contributed by atoms with Gasteiger partial charge in [0, 0.05) is 31.2 Å². The zero-order valence-corrected chi connectivity index (χ0v) is 18.5. The van der Waals surface area contributed by atoms with Gasteiger partial charge in [0.15, 0.2) is 0 Å². The Bertz CT molecular complexity index is 979. The van der Waals surface area contributed by atoms with Crippen LogP contribution in [0.4, 0.5) is 10.1 Å². The molecule has 1 amide bonds. The second kappa shape index (κ2) is 9.35. The molecule has 3 heterocycles. The minimum atomic E-state index is -0.389. The molecule has 2 aromatic rings. The summed E-state index contributed by atoms with van der Waals surface area (Å²) in [7, 11) is 2.14. The first kappa shape index (κ1) is 22.6. The zero-order chi connectivity index (χ0) is 20.5. The third-order valence-corrected chi connectivity index (χ3v) is 6.32. The monoisotopic (exact) mass is 436 g/mol. The summed E-state index contributed by atoms with van der Waals surface area (Å²) in [5.41, 5.74) is 1.02. The van der Waals surface area contributed by atoms with E-state index < -0.39 is 0 Å². The molecule has 0 unspecified atom stereocenters. The molecule has 0 aliphatic carbocycles. The fourth-order valence-electron chi connectivity index (χ4n) is 4.45. The number of nitrogens with zero attached hydrogens (tertiary/aromatic N) is 3. The van der Waals surface area contributed by atoms with E-state index in [-0.39, 0.29) is 40.5 Å². The summed E-state index contributed by atoms with van der Waals surface area (Å²) in [4.78, 5) is 31.3. The molecule has 2 aliphatic heterocycles. The van der Waals surface area contributed by atoms with E-state index in [4.69, 9.17) is 0 Å². The summed E-state index contributed by atoms with van der Waals surface area (Å²) in [5, 5.41) is 0.288. The standard InChI is InChI=1S/C22H29FN4O2.ClH/c1-3-25-15-17(22(29)27-7-5-4-6-8-27)21(28)16-13-18(23)20(14-19(16)25)26-11-9-24(2)10-12-26;/h13-15H,3-12H2,1-2H3;1H. The minimum Gasteiger partial charge on any atom is -1.00 e. The van der Waals surface area contributed by atoms with E-state index in [1.54, 1.807) is 17.2 Å². The molecule has 0 radical (unpaired) electrons. The molecule has 2 saturated heterocycles. The number of hydrogen-bond acceptors (Lipinski definition) is 3. The summed E-state index contributed by atoms with van der Waals surface area (Å²) in [6.45, 7) is 7.44. The number of likely N-dealkylation sites (tertiary alicyclic amines) is 1. The second-order valence-corrected chi connectivity index (χ2v) is 8.28. The number of hydrogen-bond donors (Lipinski definition) is 1. The molecule has 2 fully saturated rings. The Morgan fingerprint density at radius 2 is 1.77 bits per heavy atom. The third-order valence-electron chi connectivity index (χ3n) is 6.32. The van der Waals surface area contributed by atoms with Gasteiger partial charge in [0.05, 0.1) is 44.4 Å². The first-order chi connectivity index (χ1) is 14.0. The maximum atomic E-state index is 15.0. The Kier molecular flexibility index (Phi) is 7.03. The van der Waals surface area contributed by atoms with E-state index in [1.807, 2.05) is 11.5 Å². The average molecular weight is 437 g/mol. The van der Waals surface area contributed by atoms with Crippen LogP contribution in [0.5, 0.6) is 0 Å². The van der Waals surface area contributed by atoms with Crippen molar-refractivity contribution in [2.75, 3.05) is 51.2 Å². The van der Waals surface area contributed by atoms with E-state index >= 15 is 4.39 Å². The Hall–Kier alpha value is -2.12. The highest BCUT2D eigenvalue weighted by atomic mass is 35.5. The van der Waals surface area contributed by atoms with Crippen molar-refractivity contribution in [3.8, 4) is 0 Å². The molecule has 1 aromatic carbocycles. The number of carbonyl (C=O) groups excluding carboxylic acids is 1. The van der Waals surface area contributed by atoms with Crippen LogP contribution >= 0.6 is 0 Å². The first-order valence-electron chi connectivity index (χ1n) is 10.7. The largest absolute Gasteiger partial charge is 1.00 e. The normalized spacial score (nSPS) is 17.8. The number of likely N-dealkylation sites (N-methyl/N-ethyl adjacent to an activating group) is 1. The lowest BCUT2D eigenvalue weighted by atomic mass is 10.1. The average Bonchev–Trinajstić information content (AvgIpc) is 2.75. The van der Waals surface area contributed by atoms with E-state index in [2.05, 4.69) is 11.9 Å². The number of amides is 1. The number of rotatable bonds is 3. The predicted octanol–water partition coefficient (Wildman–Crippen LogP) is -1.87. The molecule has 30 heavy (non-hydrogen) atoms. The van der Waals surface area contributed by atoms with Gasteiger partial charge < -0.3 is 31.7 Å². The molecular weight excluding hydrogens is 407 g/mol. The molecule has 1 aromatic heterocycles. The van der Waals surface area contributed by atoms with Crippen molar-refractivity contribution in [2.45, 2.75) is 32.7 Å². The topological polar surface area (TPSA) is 50.0 Å². The van der Waals surface area contributed by atoms with Gasteiger partial charge in [0.1, 0.15) is 11.4 Å². The Morgan fingerprint density at radius 1 is 1.10 bits per heavy atom. The molecule has 6 nitrogen and oxygen atoms in total. The quantitative estimate of drug-likeness (QED) is 0.613. The van der Waals surface area contributed by atoms with Crippen LogP contribution < -0.4 is 27.6 Å². The number of piperazine rings is 1. The molecule has 164 valence electrons. The highest BCUT2D eigenvalue weighted by Gasteiger charge is 2.25. The van der Waals surface area contributed by atoms with Crippen LogP contribution in [0.25, 0.3) is 10.9 Å². The number of piperidine rings is 1. The summed E-state index contributed by atoms with van der Waals surface area (Å²) in [6, 6.07) is 3.11. The molecule has 0 saturated carbocycles. The van der Waals surface area contributed by atoms with Crippen LogP contribution in [-0.4, -0.2) is 61.7 Å². The molecule has 2 aliphatic rings. The van der Waals surface area contributed by atoms with Crippen LogP contribution in [0.15, 0.2) is 23.1 Å². The number of fused-ring (bicyclic) bond motifs is 1. The van der Waals surface area contributed by atoms with Crippen LogP contribution in [0.2, 0.25) is 0 Å². The summed E-state index contributed by atoms with van der Waals surface area (Å²) in [6.07, 6.45) is 4.71. The fraction of sp³-hybridized carbons (Fsp3) is 0.545. The van der Waals surface area contributed by atoms with Gasteiger partial charge in [-0.1, -0.05) is 0 Å². The smallest absolute Gasteiger partial charge is 0.259 e. The zero-order valence-electron chi connectivity index (χ0n) is 17.7. The summed E-state index contributed by atoms with van der Waals surface area (Å²) in [5.74, 6) is -0.621. The van der Waals surface area contributed by atoms with Crippen molar-refractivity contribution in [1.82, 2.24) is 9.47 Å². The van der Waals surface area contributed by atoms with E-state index in [9.17, 15) is 9.59 Å². The lowest BCUT2D eigenvalue weighted by Gasteiger charge is -2.32. The van der Waals surface area contributed by atoms with Gasteiger partial charge in [-0.15, -0.1) is 0 Å². The Balaban J connectivity index is 0.00000256. The van der Waals surface area contributed by atoms with Crippen molar-refractivity contribution in [1.29, 1.82) is 0 Å². The summed E-state index contributed by atoms with van der Waals surface area (Å²) < 4.78 is 16.9. The minimum absolute atomic E-state index is 0. The number of pyridine rings is 1. The molecular formula is C22H30ClFN4O2. The van der Waals surface area contributed by atoms with Crippen LogP contribution in [0, 0.1) is 5.82 Å². The number of carbonyl (C=O) groups is 1. The van der Waals surface area contributed by atoms with Gasteiger partial charge >= 0.3 is 0 Å². The molecule has 0 bridgehead atoms. The number of anilines is 1. The number of nitrogens with one attached hydrogen (secondary N) is 1. The van der Waals surface area contributed by atoms with Crippen LogP contribution in [0.3, 0.4) is 0 Å².